The van der Waals surface area contributed by atoms with Crippen molar-refractivity contribution in [2.45, 2.75) is 70.0 Å². The van der Waals surface area contributed by atoms with E-state index in [-0.39, 0.29) is 29.5 Å². The van der Waals surface area contributed by atoms with E-state index in [0.29, 0.717) is 5.75 Å². The highest BCUT2D eigenvalue weighted by Gasteiger charge is 2.42. The van der Waals surface area contributed by atoms with Crippen molar-refractivity contribution in [1.29, 1.82) is 0 Å². The Morgan fingerprint density at radius 3 is 2.52 bits per heavy atom. The lowest BCUT2D eigenvalue weighted by Gasteiger charge is -2.43. The van der Waals surface area contributed by atoms with Gasteiger partial charge in [-0.05, 0) is 79.1 Å². The van der Waals surface area contributed by atoms with Crippen LogP contribution in [0.25, 0.3) is 0 Å². The highest BCUT2D eigenvalue weighted by Crippen LogP contribution is 2.51. The number of fused-ring (bicyclic) bond motifs is 3. The fraction of sp³-hybridized carbons (Fsp3) is 0.400. The van der Waals surface area contributed by atoms with Gasteiger partial charge in [0.05, 0.1) is 19.3 Å². The first-order valence-electron chi connectivity index (χ1n) is 14.2. The minimum atomic E-state index is -1.00. The molecule has 40 heavy (non-hydrogen) atoms. The van der Waals surface area contributed by atoms with E-state index in [0.717, 1.165) is 48.1 Å². The third-order valence-corrected chi connectivity index (χ3v) is 8.85. The molecule has 1 N–H and O–H groups in total. The number of methoxy groups -OCH3 is 1. The molecule has 1 heterocycles. The van der Waals surface area contributed by atoms with Gasteiger partial charge in [-0.3, -0.25) is 0 Å². The van der Waals surface area contributed by atoms with Crippen LogP contribution < -0.4 is 9.47 Å². The van der Waals surface area contributed by atoms with E-state index in [2.05, 4.69) is 75.9 Å². The van der Waals surface area contributed by atoms with Crippen molar-refractivity contribution in [3.8, 4) is 11.5 Å². The molecule has 1 fully saturated rings. The maximum atomic E-state index is 11.5. The van der Waals surface area contributed by atoms with Crippen LogP contribution in [0.15, 0.2) is 78.9 Å². The predicted octanol–water partition coefficient (Wildman–Crippen LogP) is 7.63. The van der Waals surface area contributed by atoms with Crippen LogP contribution in [-0.4, -0.2) is 30.9 Å². The van der Waals surface area contributed by atoms with E-state index in [1.807, 2.05) is 18.2 Å². The van der Waals surface area contributed by atoms with Gasteiger partial charge in [0.1, 0.15) is 11.5 Å². The zero-order valence-electron chi connectivity index (χ0n) is 24.0. The zero-order valence-corrected chi connectivity index (χ0v) is 24.0. The molecule has 5 rings (SSSR count). The van der Waals surface area contributed by atoms with Gasteiger partial charge < -0.3 is 19.3 Å². The molecular formula is C35H40O5. The monoisotopic (exact) mass is 540 g/mol. The zero-order chi connectivity index (χ0) is 28.4. The molecule has 210 valence electrons. The molecule has 1 saturated heterocycles. The van der Waals surface area contributed by atoms with Gasteiger partial charge in [-0.15, -0.1) is 0 Å². The average Bonchev–Trinajstić information content (AvgIpc) is 3.13. The lowest BCUT2D eigenvalue weighted by atomic mass is 9.73. The van der Waals surface area contributed by atoms with Crippen LogP contribution in [-0.2, 0) is 21.4 Å². The van der Waals surface area contributed by atoms with Gasteiger partial charge in [0.2, 0.25) is 0 Å². The van der Waals surface area contributed by atoms with Crippen molar-refractivity contribution in [3.63, 3.8) is 0 Å². The number of aliphatic carboxylic acids is 1. The lowest BCUT2D eigenvalue weighted by Crippen LogP contribution is -2.36. The second-order valence-corrected chi connectivity index (χ2v) is 11.8. The summed E-state index contributed by atoms with van der Waals surface area (Å²) in [6.45, 7) is 10.5. The number of hydrogen-bond acceptors (Lipinski definition) is 4. The summed E-state index contributed by atoms with van der Waals surface area (Å²) in [5, 5.41) is 9.39. The molecule has 3 aromatic rings. The molecule has 4 atom stereocenters. The summed E-state index contributed by atoms with van der Waals surface area (Å²) in [6, 6.07) is 23.0. The van der Waals surface area contributed by atoms with Crippen LogP contribution in [0, 0.1) is 5.92 Å². The Morgan fingerprint density at radius 1 is 1.05 bits per heavy atom. The van der Waals surface area contributed by atoms with Crippen LogP contribution in [0.4, 0.5) is 0 Å². The smallest absolute Gasteiger partial charge is 0.341 e. The highest BCUT2D eigenvalue weighted by atomic mass is 16.5. The molecule has 3 aromatic carbocycles. The van der Waals surface area contributed by atoms with Crippen molar-refractivity contribution in [1.82, 2.24) is 0 Å². The maximum absolute atomic E-state index is 11.5. The first-order valence-corrected chi connectivity index (χ1v) is 14.2. The van der Waals surface area contributed by atoms with Crippen LogP contribution >= 0.6 is 0 Å². The number of ether oxygens (including phenoxy) is 3. The third-order valence-electron chi connectivity index (χ3n) is 8.85. The second kappa shape index (κ2) is 11.5. The van der Waals surface area contributed by atoms with Crippen molar-refractivity contribution < 1.29 is 24.1 Å². The van der Waals surface area contributed by atoms with E-state index in [1.165, 1.54) is 16.7 Å². The Labute approximate surface area is 237 Å². The van der Waals surface area contributed by atoms with Crippen molar-refractivity contribution >= 4 is 5.97 Å². The number of rotatable bonds is 8. The SMILES string of the molecule is C=C(C)[C@H]1C[C@@H]2c3ccc(OC)cc3CCC[C@@H]2O[C@@H]1c1cc(C(C)(C)c2ccccc2)ccc1OCC(=O)O. The minimum Gasteiger partial charge on any atom is -0.497 e. The Kier molecular flexibility index (Phi) is 8.04. The Hall–Kier alpha value is -3.57. The fourth-order valence-corrected chi connectivity index (χ4v) is 6.51. The van der Waals surface area contributed by atoms with Gasteiger partial charge in [-0.1, -0.05) is 68.5 Å². The number of benzene rings is 3. The summed E-state index contributed by atoms with van der Waals surface area (Å²) in [5.41, 5.74) is 6.70. The summed E-state index contributed by atoms with van der Waals surface area (Å²) < 4.78 is 18.4. The number of aryl methyl sites for hydroxylation is 1. The molecule has 1 aliphatic heterocycles. The van der Waals surface area contributed by atoms with Crippen LogP contribution in [0.5, 0.6) is 11.5 Å². The molecule has 0 saturated carbocycles. The van der Waals surface area contributed by atoms with E-state index in [4.69, 9.17) is 14.2 Å². The quantitative estimate of drug-likeness (QED) is 0.298. The summed E-state index contributed by atoms with van der Waals surface area (Å²) >= 11 is 0. The maximum Gasteiger partial charge on any atom is 0.341 e. The van der Waals surface area contributed by atoms with Gasteiger partial charge in [0.15, 0.2) is 6.61 Å². The van der Waals surface area contributed by atoms with Crippen LogP contribution in [0.3, 0.4) is 0 Å². The molecular weight excluding hydrogens is 500 g/mol. The molecule has 1 aliphatic carbocycles. The largest absolute Gasteiger partial charge is 0.497 e. The number of carbonyl (C=O) groups is 1. The van der Waals surface area contributed by atoms with Gasteiger partial charge in [0, 0.05) is 22.8 Å². The van der Waals surface area contributed by atoms with Gasteiger partial charge in [0.25, 0.3) is 0 Å². The first kappa shape index (κ1) is 28.0. The number of carboxylic acids is 1. The second-order valence-electron chi connectivity index (χ2n) is 11.8. The Morgan fingerprint density at radius 2 is 1.82 bits per heavy atom. The van der Waals surface area contributed by atoms with Crippen molar-refractivity contribution in [2.24, 2.45) is 5.92 Å². The molecule has 0 unspecified atom stereocenters. The van der Waals surface area contributed by atoms with Gasteiger partial charge in [-0.2, -0.15) is 0 Å². The predicted molar refractivity (Wildman–Crippen MR) is 157 cm³/mol. The standard InChI is InChI=1S/C35H40O5/c1-22(2)28-20-29-27-16-15-26(38-5)18-23(27)10-9-13-32(29)40-34(28)30-19-25(14-17-31(30)39-21-33(36)37)35(3,4)24-11-7-6-8-12-24/h6-8,11-12,14-19,28-29,32,34H,1,9-10,13,20-21H2,2-5H3,(H,36,37)/t28-,29-,32+,34+/m1/s1. The van der Waals surface area contributed by atoms with Crippen LogP contribution in [0.2, 0.25) is 0 Å². The molecule has 0 spiro atoms. The summed E-state index contributed by atoms with van der Waals surface area (Å²) in [5.74, 6) is 0.756. The van der Waals surface area contributed by atoms with E-state index >= 15 is 0 Å². The molecule has 5 heteroatoms. The minimum absolute atomic E-state index is 0.0494. The van der Waals surface area contributed by atoms with Crippen LogP contribution in [0.1, 0.15) is 79.9 Å². The van der Waals surface area contributed by atoms with Gasteiger partial charge >= 0.3 is 5.97 Å². The normalized spacial score (nSPS) is 22.4. The Balaban J connectivity index is 1.57. The lowest BCUT2D eigenvalue weighted by molar-refractivity contribution is -0.139. The molecule has 0 bridgehead atoms. The van der Waals surface area contributed by atoms with E-state index in [9.17, 15) is 9.90 Å². The highest BCUT2D eigenvalue weighted by molar-refractivity contribution is 5.68. The summed E-state index contributed by atoms with van der Waals surface area (Å²) in [4.78, 5) is 11.5. The Bertz CT molecular complexity index is 1380. The molecule has 2 aliphatic rings. The molecule has 0 radical (unpaired) electrons. The fourth-order valence-electron chi connectivity index (χ4n) is 6.51. The molecule has 5 nitrogen and oxygen atoms in total. The van der Waals surface area contributed by atoms with Crippen molar-refractivity contribution in [3.05, 3.63) is 107 Å². The summed E-state index contributed by atoms with van der Waals surface area (Å²) in [7, 11) is 1.71. The summed E-state index contributed by atoms with van der Waals surface area (Å²) in [6.07, 6.45) is 3.67. The number of carboxylic acid groups (broad SMARTS) is 1. The first-order chi connectivity index (χ1) is 19.2. The van der Waals surface area contributed by atoms with E-state index < -0.39 is 12.6 Å². The average molecular weight is 541 g/mol. The van der Waals surface area contributed by atoms with E-state index in [1.54, 1.807) is 7.11 Å². The van der Waals surface area contributed by atoms with Gasteiger partial charge in [-0.25, -0.2) is 4.79 Å². The van der Waals surface area contributed by atoms with Crippen molar-refractivity contribution in [2.75, 3.05) is 13.7 Å². The third kappa shape index (κ3) is 5.53. The molecule has 0 aromatic heterocycles. The molecule has 0 amide bonds. The topological polar surface area (TPSA) is 65.0 Å². The number of hydrogen-bond donors (Lipinski definition) is 1.